The third-order valence-electron chi connectivity index (χ3n) is 3.96. The summed E-state index contributed by atoms with van der Waals surface area (Å²) in [6, 6.07) is 3.27. The Kier molecular flexibility index (Phi) is 3.70. The van der Waals surface area contributed by atoms with Crippen LogP contribution in [0.2, 0.25) is 0 Å². The van der Waals surface area contributed by atoms with E-state index in [1.165, 1.54) is 6.07 Å². The van der Waals surface area contributed by atoms with Gasteiger partial charge in [0.15, 0.2) is 5.82 Å². The average Bonchev–Trinajstić information content (AvgIpc) is 2.98. The van der Waals surface area contributed by atoms with Gasteiger partial charge in [-0.3, -0.25) is 9.89 Å². The van der Waals surface area contributed by atoms with E-state index in [4.69, 9.17) is 5.73 Å². The molecule has 2 aromatic heterocycles. The van der Waals surface area contributed by atoms with Crippen LogP contribution in [0.5, 0.6) is 0 Å². The number of H-pyrrole nitrogens is 2. The zero-order valence-corrected chi connectivity index (χ0v) is 11.9. The van der Waals surface area contributed by atoms with Crippen LogP contribution in [0.4, 0.5) is 5.95 Å². The normalized spacial score (nSPS) is 17.9. The molecule has 3 rings (SSSR count). The average molecular weight is 289 g/mol. The van der Waals surface area contributed by atoms with Crippen LogP contribution >= 0.6 is 0 Å². The lowest BCUT2D eigenvalue weighted by Gasteiger charge is -2.32. The molecule has 4 N–H and O–H groups in total. The van der Waals surface area contributed by atoms with E-state index in [9.17, 15) is 4.79 Å². The molecule has 0 spiro atoms. The van der Waals surface area contributed by atoms with Crippen molar-refractivity contribution in [3.8, 4) is 11.5 Å². The number of hydrogen-bond acceptors (Lipinski definition) is 6. The van der Waals surface area contributed by atoms with Crippen LogP contribution in [0.1, 0.15) is 19.8 Å². The molecule has 1 unspecified atom stereocenters. The van der Waals surface area contributed by atoms with E-state index >= 15 is 0 Å². The second-order valence-electron chi connectivity index (χ2n) is 5.47. The van der Waals surface area contributed by atoms with E-state index in [0.717, 1.165) is 25.9 Å². The molecule has 1 saturated heterocycles. The number of anilines is 1. The van der Waals surface area contributed by atoms with Gasteiger partial charge in [-0.05, 0) is 31.7 Å². The number of aromatic nitrogens is 5. The van der Waals surface area contributed by atoms with Crippen LogP contribution in [-0.2, 0) is 0 Å². The lowest BCUT2D eigenvalue weighted by atomic mass is 9.91. The zero-order valence-electron chi connectivity index (χ0n) is 11.9. The molecule has 0 radical (unpaired) electrons. The third-order valence-corrected chi connectivity index (χ3v) is 3.96. The van der Waals surface area contributed by atoms with Gasteiger partial charge in [-0.1, -0.05) is 0 Å². The van der Waals surface area contributed by atoms with Gasteiger partial charge < -0.3 is 10.6 Å². The Morgan fingerprint density at radius 1 is 1.29 bits per heavy atom. The van der Waals surface area contributed by atoms with Gasteiger partial charge in [-0.2, -0.15) is 10.1 Å². The van der Waals surface area contributed by atoms with Crippen LogP contribution in [0.3, 0.4) is 0 Å². The fourth-order valence-corrected chi connectivity index (χ4v) is 2.61. The lowest BCUT2D eigenvalue weighted by molar-refractivity contribution is 0.352. The number of rotatable bonds is 3. The quantitative estimate of drug-likeness (QED) is 0.739. The lowest BCUT2D eigenvalue weighted by Crippen LogP contribution is -2.40. The van der Waals surface area contributed by atoms with Gasteiger partial charge in [0.2, 0.25) is 5.95 Å². The van der Waals surface area contributed by atoms with Gasteiger partial charge >= 0.3 is 0 Å². The van der Waals surface area contributed by atoms with E-state index in [0.29, 0.717) is 23.4 Å². The summed E-state index contributed by atoms with van der Waals surface area (Å²) in [5, 5.41) is 13.4. The van der Waals surface area contributed by atoms with Gasteiger partial charge in [0.1, 0.15) is 5.69 Å². The predicted octanol–water partition coefficient (Wildman–Crippen LogP) is 0.119. The summed E-state index contributed by atoms with van der Waals surface area (Å²) < 4.78 is 0. The summed E-state index contributed by atoms with van der Waals surface area (Å²) >= 11 is 0. The Balaban J connectivity index is 1.71. The summed E-state index contributed by atoms with van der Waals surface area (Å²) in [4.78, 5) is 17.6. The first-order valence-corrected chi connectivity index (χ1v) is 7.12. The van der Waals surface area contributed by atoms with E-state index in [1.54, 1.807) is 6.07 Å². The molecule has 0 aliphatic carbocycles. The fraction of sp³-hybridized carbons (Fsp3) is 0.538. The number of nitrogens with one attached hydrogen (secondary N) is 2. The van der Waals surface area contributed by atoms with Crippen LogP contribution in [0.15, 0.2) is 16.9 Å². The smallest absolute Gasteiger partial charge is 0.264 e. The third kappa shape index (κ3) is 2.94. The Morgan fingerprint density at radius 3 is 2.67 bits per heavy atom. The standard InChI is InChI=1S/C13H19N7O/c1-8(14)9-4-6-20(7-5-9)13-15-12(18-19-13)10-2-3-11(21)17-16-10/h2-3,8-9H,4-7,14H2,1H3,(H,17,21)(H,15,18,19). The monoisotopic (exact) mass is 289 g/mol. The highest BCUT2D eigenvalue weighted by molar-refractivity contribution is 5.50. The summed E-state index contributed by atoms with van der Waals surface area (Å²) in [5.41, 5.74) is 6.28. The van der Waals surface area contributed by atoms with Crippen LogP contribution in [0.25, 0.3) is 11.5 Å². The topological polar surface area (TPSA) is 117 Å². The Bertz CT molecular complexity index is 634. The summed E-state index contributed by atoms with van der Waals surface area (Å²) in [5.74, 6) is 1.79. The fourth-order valence-electron chi connectivity index (χ4n) is 2.61. The first-order chi connectivity index (χ1) is 10.1. The van der Waals surface area contributed by atoms with Crippen molar-refractivity contribution in [1.82, 2.24) is 25.4 Å². The molecule has 21 heavy (non-hydrogen) atoms. The van der Waals surface area contributed by atoms with Crippen molar-refractivity contribution in [1.29, 1.82) is 0 Å². The van der Waals surface area contributed by atoms with Gasteiger partial charge in [-0.15, -0.1) is 5.10 Å². The first kappa shape index (κ1) is 13.7. The van der Waals surface area contributed by atoms with Crippen molar-refractivity contribution in [2.24, 2.45) is 11.7 Å². The molecule has 8 heteroatoms. The second-order valence-corrected chi connectivity index (χ2v) is 5.47. The van der Waals surface area contributed by atoms with Crippen molar-refractivity contribution in [2.45, 2.75) is 25.8 Å². The van der Waals surface area contributed by atoms with E-state index in [-0.39, 0.29) is 11.6 Å². The largest absolute Gasteiger partial charge is 0.340 e. The van der Waals surface area contributed by atoms with Crippen molar-refractivity contribution < 1.29 is 0 Å². The molecule has 0 amide bonds. The van der Waals surface area contributed by atoms with Gasteiger partial charge in [0.25, 0.3) is 5.56 Å². The highest BCUT2D eigenvalue weighted by Gasteiger charge is 2.24. The van der Waals surface area contributed by atoms with E-state index in [2.05, 4.69) is 37.2 Å². The van der Waals surface area contributed by atoms with Gasteiger partial charge in [0.05, 0.1) is 0 Å². The van der Waals surface area contributed by atoms with Crippen molar-refractivity contribution >= 4 is 5.95 Å². The number of piperidine rings is 1. The molecule has 1 atom stereocenters. The molecule has 0 bridgehead atoms. The molecule has 3 heterocycles. The Hall–Kier alpha value is -2.22. The SMILES string of the molecule is CC(N)C1CCN(c2n[nH]c(-c3ccc(=O)[nH]n3)n2)CC1. The molecule has 1 aliphatic heterocycles. The van der Waals surface area contributed by atoms with Crippen molar-refractivity contribution in [2.75, 3.05) is 18.0 Å². The predicted molar refractivity (Wildman–Crippen MR) is 78.8 cm³/mol. The number of aromatic amines is 2. The molecule has 8 nitrogen and oxygen atoms in total. The minimum absolute atomic E-state index is 0.236. The maximum Gasteiger partial charge on any atom is 0.264 e. The van der Waals surface area contributed by atoms with Gasteiger partial charge in [-0.25, -0.2) is 5.10 Å². The number of nitrogens with two attached hydrogens (primary N) is 1. The molecule has 0 aromatic carbocycles. The maximum atomic E-state index is 11.0. The maximum absolute atomic E-state index is 11.0. The Labute approximate surface area is 121 Å². The number of nitrogens with zero attached hydrogens (tertiary/aromatic N) is 4. The van der Waals surface area contributed by atoms with Crippen molar-refractivity contribution in [3.63, 3.8) is 0 Å². The van der Waals surface area contributed by atoms with Gasteiger partial charge in [0, 0.05) is 25.2 Å². The second kappa shape index (κ2) is 5.65. The molecule has 112 valence electrons. The summed E-state index contributed by atoms with van der Waals surface area (Å²) in [6.45, 7) is 3.87. The van der Waals surface area contributed by atoms with Crippen LogP contribution in [0, 0.1) is 5.92 Å². The minimum Gasteiger partial charge on any atom is -0.340 e. The van der Waals surface area contributed by atoms with E-state index in [1.807, 2.05) is 0 Å². The van der Waals surface area contributed by atoms with Crippen LogP contribution < -0.4 is 16.2 Å². The number of hydrogen-bond donors (Lipinski definition) is 3. The van der Waals surface area contributed by atoms with Crippen molar-refractivity contribution in [3.05, 3.63) is 22.5 Å². The summed E-state index contributed by atoms with van der Waals surface area (Å²) in [7, 11) is 0. The van der Waals surface area contributed by atoms with E-state index < -0.39 is 0 Å². The molecular weight excluding hydrogens is 270 g/mol. The molecular formula is C13H19N7O. The van der Waals surface area contributed by atoms with Crippen LogP contribution in [-0.4, -0.2) is 44.5 Å². The molecule has 0 saturated carbocycles. The molecule has 1 aliphatic rings. The summed E-state index contributed by atoms with van der Waals surface area (Å²) in [6.07, 6.45) is 2.11. The molecule has 1 fully saturated rings. The molecule has 2 aromatic rings. The zero-order chi connectivity index (χ0) is 14.8. The highest BCUT2D eigenvalue weighted by atomic mass is 16.1. The highest BCUT2D eigenvalue weighted by Crippen LogP contribution is 2.23. The first-order valence-electron chi connectivity index (χ1n) is 7.12. The Morgan fingerprint density at radius 2 is 2.05 bits per heavy atom. The minimum atomic E-state index is -0.239.